The summed E-state index contributed by atoms with van der Waals surface area (Å²) in [5, 5.41) is 31.7. The first-order valence-corrected chi connectivity index (χ1v) is 9.65. The zero-order valence-corrected chi connectivity index (χ0v) is 15.2. The van der Waals surface area contributed by atoms with Crippen LogP contribution in [0.5, 0.6) is 0 Å². The van der Waals surface area contributed by atoms with Gasteiger partial charge in [0.1, 0.15) is 5.78 Å². The summed E-state index contributed by atoms with van der Waals surface area (Å²) < 4.78 is 0. The molecule has 0 aliphatic heterocycles. The zero-order valence-electron chi connectivity index (χ0n) is 15.2. The lowest BCUT2D eigenvalue weighted by Gasteiger charge is -2.70. The van der Waals surface area contributed by atoms with E-state index in [1.807, 2.05) is 0 Å². The summed E-state index contributed by atoms with van der Waals surface area (Å²) in [5.74, 6) is 1.06. The van der Waals surface area contributed by atoms with E-state index in [4.69, 9.17) is 0 Å². The van der Waals surface area contributed by atoms with Crippen molar-refractivity contribution >= 4 is 5.78 Å². The molecule has 0 aromatic carbocycles. The topological polar surface area (TPSA) is 77.8 Å². The number of Topliss-reactive ketones (excluding diaryl/α,β-unsaturated/α-hetero) is 1. The Morgan fingerprint density at radius 1 is 1.12 bits per heavy atom. The van der Waals surface area contributed by atoms with E-state index in [0.717, 1.165) is 25.7 Å². The fourth-order valence-electron chi connectivity index (χ4n) is 7.70. The van der Waals surface area contributed by atoms with Crippen LogP contribution in [0.1, 0.15) is 65.7 Å². The number of aliphatic hydroxyl groups excluding tert-OH is 2. The predicted molar refractivity (Wildman–Crippen MR) is 90.2 cm³/mol. The quantitative estimate of drug-likeness (QED) is 0.686. The number of aliphatic hydroxyl groups is 3. The van der Waals surface area contributed by atoms with Crippen LogP contribution in [0.3, 0.4) is 0 Å². The third-order valence-corrected chi connectivity index (χ3v) is 9.03. The third kappa shape index (κ3) is 1.83. The minimum atomic E-state index is -1.03. The first kappa shape index (κ1) is 17.0. The van der Waals surface area contributed by atoms with Crippen LogP contribution in [0.25, 0.3) is 0 Å². The van der Waals surface area contributed by atoms with Crippen LogP contribution >= 0.6 is 0 Å². The second-order valence-corrected chi connectivity index (χ2v) is 10.2. The maximum Gasteiger partial charge on any atom is 0.138 e. The van der Waals surface area contributed by atoms with Crippen LogP contribution in [0.2, 0.25) is 0 Å². The molecule has 0 unspecified atom stereocenters. The number of rotatable bonds is 1. The number of fused-ring (bicyclic) bond motifs is 3. The number of carbonyl (C=O) groups is 1. The molecule has 5 rings (SSSR count). The molecule has 0 radical (unpaired) electrons. The predicted octanol–water partition coefficient (Wildman–Crippen LogP) is 2.29. The molecule has 2 bridgehead atoms. The van der Waals surface area contributed by atoms with Crippen molar-refractivity contribution in [2.45, 2.75) is 77.4 Å². The molecule has 4 heteroatoms. The van der Waals surface area contributed by atoms with Gasteiger partial charge >= 0.3 is 0 Å². The van der Waals surface area contributed by atoms with Gasteiger partial charge in [-0.3, -0.25) is 4.79 Å². The number of hydrogen-bond donors (Lipinski definition) is 3. The lowest BCUT2D eigenvalue weighted by Crippen LogP contribution is -2.70. The largest absolute Gasteiger partial charge is 0.393 e. The van der Waals surface area contributed by atoms with Crippen LogP contribution < -0.4 is 0 Å². The number of carbonyl (C=O) groups excluding carboxylic acids is 1. The molecule has 3 N–H and O–H groups in total. The van der Waals surface area contributed by atoms with Crippen LogP contribution in [-0.2, 0) is 4.79 Å². The van der Waals surface area contributed by atoms with Gasteiger partial charge in [-0.15, -0.1) is 0 Å². The van der Waals surface area contributed by atoms with Crippen LogP contribution in [0, 0.1) is 34.0 Å². The van der Waals surface area contributed by atoms with Gasteiger partial charge in [-0.2, -0.15) is 0 Å². The van der Waals surface area contributed by atoms with Gasteiger partial charge in [0, 0.05) is 17.3 Å². The normalized spacial score (nSPS) is 55.8. The number of ketones is 1. The van der Waals surface area contributed by atoms with Gasteiger partial charge in [0.15, 0.2) is 0 Å². The van der Waals surface area contributed by atoms with Gasteiger partial charge in [0.05, 0.1) is 18.3 Å². The summed E-state index contributed by atoms with van der Waals surface area (Å²) in [5.41, 5.74) is -1.55. The molecule has 7 atom stereocenters. The standard InChI is InChI=1S/C20H32O4/c1-17(2)13-4-7-19-10-20(24,11-21)12(9-16(19)23)8-14(19)18(13,3)6-5-15(17)22/h12-14,16,21,23-24H,4-11H2,1-3H3/t12-,13-,14+,16+,18-,19+,20-/m1/s1. The van der Waals surface area contributed by atoms with E-state index in [0.29, 0.717) is 36.9 Å². The summed E-state index contributed by atoms with van der Waals surface area (Å²) in [4.78, 5) is 12.5. The van der Waals surface area contributed by atoms with Crippen molar-refractivity contribution in [3.8, 4) is 0 Å². The van der Waals surface area contributed by atoms with E-state index < -0.39 is 5.60 Å². The van der Waals surface area contributed by atoms with Crippen molar-refractivity contribution < 1.29 is 20.1 Å². The molecule has 5 saturated carbocycles. The van der Waals surface area contributed by atoms with E-state index >= 15 is 0 Å². The SMILES string of the molecule is CC1(C)C(=O)CC[C@]2(C)[C@@H]1CC[C@@]13C[C@@](O)(CO)[C@@H](C[C@@H]1O)C[C@@H]23. The van der Waals surface area contributed by atoms with Crippen LogP contribution in [0.15, 0.2) is 0 Å². The minimum Gasteiger partial charge on any atom is -0.393 e. The highest BCUT2D eigenvalue weighted by Gasteiger charge is 2.70. The fourth-order valence-corrected chi connectivity index (χ4v) is 7.70. The smallest absolute Gasteiger partial charge is 0.138 e. The first-order chi connectivity index (χ1) is 11.1. The molecule has 5 aliphatic carbocycles. The molecular weight excluding hydrogens is 304 g/mol. The molecule has 4 nitrogen and oxygen atoms in total. The van der Waals surface area contributed by atoms with Crippen LogP contribution in [0.4, 0.5) is 0 Å². The molecule has 0 aromatic rings. The summed E-state index contributed by atoms with van der Waals surface area (Å²) in [6, 6.07) is 0. The van der Waals surface area contributed by atoms with E-state index in [1.165, 1.54) is 0 Å². The van der Waals surface area contributed by atoms with Crippen molar-refractivity contribution in [2.24, 2.45) is 34.0 Å². The Labute approximate surface area is 144 Å². The summed E-state index contributed by atoms with van der Waals surface area (Å²) >= 11 is 0. The van der Waals surface area contributed by atoms with Crippen molar-refractivity contribution in [3.63, 3.8) is 0 Å². The Kier molecular flexibility index (Phi) is 3.42. The molecule has 136 valence electrons. The first-order valence-electron chi connectivity index (χ1n) is 9.65. The second-order valence-electron chi connectivity index (χ2n) is 10.2. The Balaban J connectivity index is 1.77. The van der Waals surface area contributed by atoms with Gasteiger partial charge in [0.25, 0.3) is 0 Å². The van der Waals surface area contributed by atoms with Crippen molar-refractivity contribution in [3.05, 3.63) is 0 Å². The van der Waals surface area contributed by atoms with Gasteiger partial charge in [-0.25, -0.2) is 0 Å². The molecule has 1 spiro atoms. The fraction of sp³-hybridized carbons (Fsp3) is 0.950. The summed E-state index contributed by atoms with van der Waals surface area (Å²) in [6.07, 6.45) is 4.97. The molecule has 0 saturated heterocycles. The van der Waals surface area contributed by atoms with E-state index in [2.05, 4.69) is 20.8 Å². The highest BCUT2D eigenvalue weighted by Crippen LogP contribution is 2.72. The second kappa shape index (κ2) is 4.83. The highest BCUT2D eigenvalue weighted by atomic mass is 16.3. The average molecular weight is 336 g/mol. The van der Waals surface area contributed by atoms with Crippen molar-refractivity contribution in [1.29, 1.82) is 0 Å². The molecule has 0 amide bonds. The van der Waals surface area contributed by atoms with Crippen molar-refractivity contribution in [2.75, 3.05) is 6.61 Å². The molecule has 0 heterocycles. The zero-order chi connectivity index (χ0) is 17.5. The lowest BCUT2D eigenvalue weighted by molar-refractivity contribution is -0.275. The maximum absolute atomic E-state index is 12.5. The number of hydrogen-bond acceptors (Lipinski definition) is 4. The third-order valence-electron chi connectivity index (χ3n) is 9.03. The van der Waals surface area contributed by atoms with E-state index in [1.54, 1.807) is 0 Å². The molecular formula is C20H32O4. The van der Waals surface area contributed by atoms with Gasteiger partial charge in [0.2, 0.25) is 0 Å². The Hall–Kier alpha value is -0.450. The van der Waals surface area contributed by atoms with E-state index in [-0.39, 0.29) is 34.9 Å². The summed E-state index contributed by atoms with van der Waals surface area (Å²) in [6.45, 7) is 6.35. The van der Waals surface area contributed by atoms with E-state index in [9.17, 15) is 20.1 Å². The van der Waals surface area contributed by atoms with Crippen LogP contribution in [-0.4, -0.2) is 39.4 Å². The van der Waals surface area contributed by atoms with Gasteiger partial charge < -0.3 is 15.3 Å². The lowest BCUT2D eigenvalue weighted by atomic mass is 9.35. The Morgan fingerprint density at radius 2 is 1.83 bits per heavy atom. The average Bonchev–Trinajstić information content (AvgIpc) is 2.52. The monoisotopic (exact) mass is 336 g/mol. The molecule has 5 fully saturated rings. The Morgan fingerprint density at radius 3 is 2.50 bits per heavy atom. The van der Waals surface area contributed by atoms with Crippen molar-refractivity contribution in [1.82, 2.24) is 0 Å². The van der Waals surface area contributed by atoms with Gasteiger partial charge in [-0.05, 0) is 61.7 Å². The summed E-state index contributed by atoms with van der Waals surface area (Å²) in [7, 11) is 0. The minimum absolute atomic E-state index is 0.0271. The molecule has 0 aromatic heterocycles. The molecule has 24 heavy (non-hydrogen) atoms. The maximum atomic E-state index is 12.5. The molecule has 5 aliphatic rings. The highest BCUT2D eigenvalue weighted by molar-refractivity contribution is 5.85. The Bertz CT molecular complexity index is 572. The van der Waals surface area contributed by atoms with Gasteiger partial charge in [-0.1, -0.05) is 20.8 Å².